The van der Waals surface area contributed by atoms with Crippen LogP contribution in [0.25, 0.3) is 0 Å². The van der Waals surface area contributed by atoms with Crippen molar-refractivity contribution in [2.45, 2.75) is 46.2 Å². The molecule has 0 amide bonds. The van der Waals surface area contributed by atoms with Gasteiger partial charge in [-0.2, -0.15) is 0 Å². The van der Waals surface area contributed by atoms with Crippen molar-refractivity contribution >= 4 is 5.82 Å². The van der Waals surface area contributed by atoms with Crippen molar-refractivity contribution in [2.24, 2.45) is 0 Å². The van der Waals surface area contributed by atoms with Gasteiger partial charge in [-0.15, -0.1) is 0 Å². The van der Waals surface area contributed by atoms with Crippen molar-refractivity contribution < 1.29 is 0 Å². The lowest BCUT2D eigenvalue weighted by Gasteiger charge is -2.33. The molecule has 0 aliphatic rings. The third kappa shape index (κ3) is 5.29. The molecule has 0 bridgehead atoms. The molecule has 2 atom stereocenters. The number of aromatic nitrogens is 1. The number of hydrogen-bond donors (Lipinski definition) is 1. The Morgan fingerprint density at radius 2 is 1.95 bits per heavy atom. The molecular weight excluding hydrogens is 260 g/mol. The summed E-state index contributed by atoms with van der Waals surface area (Å²) in [5.74, 6) is 1.12. The molecule has 1 N–H and O–H groups in total. The van der Waals surface area contributed by atoms with Crippen LogP contribution in [-0.4, -0.2) is 49.7 Å². The maximum Gasteiger partial charge on any atom is 0.133 e. The number of likely N-dealkylation sites (N-methyl/N-ethyl adjacent to an activating group) is 2. The predicted octanol–water partition coefficient (Wildman–Crippen LogP) is 2.92. The highest BCUT2D eigenvalue weighted by Crippen LogP contribution is 2.25. The summed E-state index contributed by atoms with van der Waals surface area (Å²) in [7, 11) is 4.24. The van der Waals surface area contributed by atoms with Crippen molar-refractivity contribution in [2.75, 3.05) is 38.6 Å². The molecule has 0 aliphatic heterocycles. The zero-order valence-electron chi connectivity index (χ0n) is 14.6. The van der Waals surface area contributed by atoms with Gasteiger partial charge in [0.05, 0.1) is 0 Å². The average molecular weight is 292 g/mol. The van der Waals surface area contributed by atoms with Gasteiger partial charge in [0.25, 0.3) is 0 Å². The van der Waals surface area contributed by atoms with E-state index in [4.69, 9.17) is 0 Å². The average Bonchev–Trinajstić information content (AvgIpc) is 2.45. The van der Waals surface area contributed by atoms with Crippen LogP contribution in [0.1, 0.15) is 45.7 Å². The van der Waals surface area contributed by atoms with E-state index in [1.807, 2.05) is 12.3 Å². The molecule has 4 heteroatoms. The SMILES string of the molecule is CCCNC(C)c1cccnc1N(CC)C(C)CN(C)C. The zero-order valence-corrected chi connectivity index (χ0v) is 14.6. The van der Waals surface area contributed by atoms with Crippen molar-refractivity contribution in [1.29, 1.82) is 0 Å². The number of pyridine rings is 1. The summed E-state index contributed by atoms with van der Waals surface area (Å²) in [5.41, 5.74) is 1.29. The van der Waals surface area contributed by atoms with E-state index in [1.165, 1.54) is 5.56 Å². The van der Waals surface area contributed by atoms with Crippen LogP contribution >= 0.6 is 0 Å². The highest BCUT2D eigenvalue weighted by atomic mass is 15.2. The second-order valence-corrected chi connectivity index (χ2v) is 5.99. The molecule has 0 saturated heterocycles. The Hall–Kier alpha value is -1.13. The Kier molecular flexibility index (Phi) is 7.68. The van der Waals surface area contributed by atoms with E-state index >= 15 is 0 Å². The predicted molar refractivity (Wildman–Crippen MR) is 92.0 cm³/mol. The summed E-state index contributed by atoms with van der Waals surface area (Å²) in [6.07, 6.45) is 3.05. The molecule has 4 nitrogen and oxygen atoms in total. The van der Waals surface area contributed by atoms with Crippen LogP contribution in [0.5, 0.6) is 0 Å². The first-order valence-corrected chi connectivity index (χ1v) is 8.10. The third-order valence-electron chi connectivity index (χ3n) is 3.76. The molecule has 0 fully saturated rings. The summed E-state index contributed by atoms with van der Waals surface area (Å²) in [6.45, 7) is 11.9. The normalized spacial score (nSPS) is 14.2. The fourth-order valence-electron chi connectivity index (χ4n) is 2.76. The van der Waals surface area contributed by atoms with Gasteiger partial charge in [-0.25, -0.2) is 4.98 Å². The number of rotatable bonds is 9. The number of hydrogen-bond acceptors (Lipinski definition) is 4. The van der Waals surface area contributed by atoms with E-state index in [0.29, 0.717) is 12.1 Å². The minimum atomic E-state index is 0.328. The van der Waals surface area contributed by atoms with Gasteiger partial charge in [0.2, 0.25) is 0 Å². The fraction of sp³-hybridized carbons (Fsp3) is 0.706. The second kappa shape index (κ2) is 9.00. The molecule has 1 aromatic heterocycles. The molecule has 21 heavy (non-hydrogen) atoms. The van der Waals surface area contributed by atoms with Crippen LogP contribution in [-0.2, 0) is 0 Å². The molecule has 0 aromatic carbocycles. The molecular formula is C17H32N4. The van der Waals surface area contributed by atoms with Crippen LogP contribution in [0, 0.1) is 0 Å². The number of anilines is 1. The lowest BCUT2D eigenvalue weighted by atomic mass is 10.1. The quantitative estimate of drug-likeness (QED) is 0.758. The summed E-state index contributed by atoms with van der Waals surface area (Å²) in [5, 5.41) is 3.57. The first-order chi connectivity index (χ1) is 10.0. The monoisotopic (exact) mass is 292 g/mol. The molecule has 1 aromatic rings. The Labute approximate surface area is 130 Å². The van der Waals surface area contributed by atoms with Crippen LogP contribution < -0.4 is 10.2 Å². The van der Waals surface area contributed by atoms with Crippen molar-refractivity contribution in [1.82, 2.24) is 15.2 Å². The van der Waals surface area contributed by atoms with E-state index in [1.54, 1.807) is 0 Å². The summed E-state index contributed by atoms with van der Waals surface area (Å²) < 4.78 is 0. The maximum atomic E-state index is 4.67. The van der Waals surface area contributed by atoms with E-state index < -0.39 is 0 Å². The van der Waals surface area contributed by atoms with Gasteiger partial charge in [0.1, 0.15) is 5.82 Å². The maximum absolute atomic E-state index is 4.67. The van der Waals surface area contributed by atoms with Crippen molar-refractivity contribution in [3.05, 3.63) is 23.9 Å². The van der Waals surface area contributed by atoms with Gasteiger partial charge in [-0.05, 0) is 53.9 Å². The summed E-state index contributed by atoms with van der Waals surface area (Å²) >= 11 is 0. The van der Waals surface area contributed by atoms with Crippen LogP contribution in [0.2, 0.25) is 0 Å². The van der Waals surface area contributed by atoms with Crippen LogP contribution in [0.4, 0.5) is 5.82 Å². The third-order valence-corrected chi connectivity index (χ3v) is 3.76. The number of nitrogens with zero attached hydrogens (tertiary/aromatic N) is 3. The van der Waals surface area contributed by atoms with E-state index in [-0.39, 0.29) is 0 Å². The van der Waals surface area contributed by atoms with Crippen LogP contribution in [0.3, 0.4) is 0 Å². The molecule has 0 spiro atoms. The zero-order chi connectivity index (χ0) is 15.8. The Morgan fingerprint density at radius 1 is 1.24 bits per heavy atom. The molecule has 0 saturated carbocycles. The van der Waals surface area contributed by atoms with Gasteiger partial charge >= 0.3 is 0 Å². The minimum Gasteiger partial charge on any atom is -0.353 e. The first kappa shape index (κ1) is 17.9. The molecule has 1 rings (SSSR count). The topological polar surface area (TPSA) is 31.4 Å². The first-order valence-electron chi connectivity index (χ1n) is 8.10. The molecule has 2 unspecified atom stereocenters. The van der Waals surface area contributed by atoms with Gasteiger partial charge in [0.15, 0.2) is 0 Å². The lowest BCUT2D eigenvalue weighted by molar-refractivity contribution is 0.371. The summed E-state index contributed by atoms with van der Waals surface area (Å²) in [6, 6.07) is 5.00. The van der Waals surface area contributed by atoms with Gasteiger partial charge in [-0.1, -0.05) is 13.0 Å². The molecule has 1 heterocycles. The molecule has 0 aliphatic carbocycles. The summed E-state index contributed by atoms with van der Waals surface area (Å²) in [4.78, 5) is 9.31. The number of nitrogens with one attached hydrogen (secondary N) is 1. The minimum absolute atomic E-state index is 0.328. The van der Waals surface area contributed by atoms with E-state index in [9.17, 15) is 0 Å². The largest absolute Gasteiger partial charge is 0.353 e. The second-order valence-electron chi connectivity index (χ2n) is 5.99. The van der Waals surface area contributed by atoms with Crippen LogP contribution in [0.15, 0.2) is 18.3 Å². The van der Waals surface area contributed by atoms with E-state index in [2.05, 4.69) is 68.0 Å². The Balaban J connectivity index is 2.98. The Morgan fingerprint density at radius 3 is 2.52 bits per heavy atom. The highest BCUT2D eigenvalue weighted by molar-refractivity contribution is 5.49. The van der Waals surface area contributed by atoms with Crippen molar-refractivity contribution in [3.63, 3.8) is 0 Å². The fourth-order valence-corrected chi connectivity index (χ4v) is 2.76. The molecule has 0 radical (unpaired) electrons. The highest BCUT2D eigenvalue weighted by Gasteiger charge is 2.20. The Bertz CT molecular complexity index is 406. The standard InChI is InChI=1S/C17H32N4/c1-7-11-18-15(4)16-10-9-12-19-17(16)21(8-2)14(3)13-20(5)6/h9-10,12,14-15,18H,7-8,11,13H2,1-6H3. The van der Waals surface area contributed by atoms with Gasteiger partial charge in [0, 0.05) is 36.9 Å². The van der Waals surface area contributed by atoms with Crippen molar-refractivity contribution in [3.8, 4) is 0 Å². The smallest absolute Gasteiger partial charge is 0.133 e. The molecule has 120 valence electrons. The van der Waals surface area contributed by atoms with Gasteiger partial charge < -0.3 is 15.1 Å². The van der Waals surface area contributed by atoms with Gasteiger partial charge in [-0.3, -0.25) is 0 Å². The van der Waals surface area contributed by atoms with E-state index in [0.717, 1.165) is 31.9 Å². The lowest BCUT2D eigenvalue weighted by Crippen LogP contribution is -2.41.